The predicted molar refractivity (Wildman–Crippen MR) is 141 cm³/mol. The van der Waals surface area contributed by atoms with Gasteiger partial charge in [0, 0.05) is 23.8 Å². The van der Waals surface area contributed by atoms with Crippen molar-refractivity contribution in [3.8, 4) is 5.75 Å². The lowest BCUT2D eigenvalue weighted by atomic mass is 10.1. The lowest BCUT2D eigenvalue weighted by molar-refractivity contribution is -0.142. The fourth-order valence-electron chi connectivity index (χ4n) is 3.37. The number of halogens is 2. The van der Waals surface area contributed by atoms with Crippen molar-refractivity contribution in [2.75, 3.05) is 24.5 Å². The van der Waals surface area contributed by atoms with Crippen LogP contribution in [0.15, 0.2) is 77.7 Å². The third-order valence-corrected chi connectivity index (χ3v) is 7.09. The third kappa shape index (κ3) is 8.17. The fourth-order valence-corrected chi connectivity index (χ4v) is 4.56. The topological polar surface area (TPSA) is 125 Å². The first-order chi connectivity index (χ1) is 18.1. The molecule has 38 heavy (non-hydrogen) atoms. The summed E-state index contributed by atoms with van der Waals surface area (Å²) in [6.45, 7) is 1.07. The van der Waals surface area contributed by atoms with Gasteiger partial charge in [0.25, 0.3) is 15.9 Å². The SMILES string of the molecule is CC(C(=O)NCCO)N(Cc1ccc(Cl)cc1)C(=O)COc1ccc(S(=O)(=O)Nc2ccc(F)cc2)cc1. The molecule has 1 unspecified atom stereocenters. The molecule has 3 N–H and O–H groups in total. The first-order valence-corrected chi connectivity index (χ1v) is 13.4. The minimum Gasteiger partial charge on any atom is -0.484 e. The van der Waals surface area contributed by atoms with E-state index in [1.807, 2.05) is 0 Å². The van der Waals surface area contributed by atoms with E-state index in [2.05, 4.69) is 10.0 Å². The molecule has 2 amide bonds. The zero-order chi connectivity index (χ0) is 27.7. The van der Waals surface area contributed by atoms with Gasteiger partial charge in [0.1, 0.15) is 17.6 Å². The Kier molecular flexibility index (Phi) is 10.1. The average Bonchev–Trinajstić information content (AvgIpc) is 2.91. The maximum absolute atomic E-state index is 13.1. The van der Waals surface area contributed by atoms with E-state index in [1.54, 1.807) is 31.2 Å². The summed E-state index contributed by atoms with van der Waals surface area (Å²) in [5.74, 6) is -1.18. The number of amides is 2. The number of rotatable bonds is 12. The molecule has 3 aromatic carbocycles. The number of anilines is 1. The Morgan fingerprint density at radius 3 is 2.26 bits per heavy atom. The van der Waals surface area contributed by atoms with Gasteiger partial charge in [-0.25, -0.2) is 12.8 Å². The summed E-state index contributed by atoms with van der Waals surface area (Å²) in [5.41, 5.74) is 0.947. The van der Waals surface area contributed by atoms with Crippen LogP contribution >= 0.6 is 11.6 Å². The first-order valence-electron chi connectivity index (χ1n) is 11.5. The summed E-state index contributed by atoms with van der Waals surface area (Å²) in [4.78, 5) is 26.8. The largest absolute Gasteiger partial charge is 0.484 e. The number of nitrogens with one attached hydrogen (secondary N) is 2. The van der Waals surface area contributed by atoms with Gasteiger partial charge < -0.3 is 20.1 Å². The van der Waals surface area contributed by atoms with Crippen LogP contribution in [0.1, 0.15) is 12.5 Å². The van der Waals surface area contributed by atoms with Crippen molar-refractivity contribution in [2.45, 2.75) is 24.4 Å². The minimum atomic E-state index is -3.93. The van der Waals surface area contributed by atoms with E-state index >= 15 is 0 Å². The van der Waals surface area contributed by atoms with E-state index in [4.69, 9.17) is 21.4 Å². The second-order valence-electron chi connectivity index (χ2n) is 8.21. The number of hydrogen-bond donors (Lipinski definition) is 3. The Labute approximate surface area is 225 Å². The van der Waals surface area contributed by atoms with Gasteiger partial charge in [0.05, 0.1) is 11.5 Å². The molecular weight excluding hydrogens is 537 g/mol. The first kappa shape index (κ1) is 28.9. The molecule has 3 rings (SSSR count). The van der Waals surface area contributed by atoms with Crippen LogP contribution in [0.5, 0.6) is 5.75 Å². The van der Waals surface area contributed by atoms with Gasteiger partial charge in [0.2, 0.25) is 5.91 Å². The monoisotopic (exact) mass is 563 g/mol. The maximum atomic E-state index is 13.1. The molecule has 0 saturated carbocycles. The summed E-state index contributed by atoms with van der Waals surface area (Å²) < 4.78 is 46.2. The van der Waals surface area contributed by atoms with Crippen LogP contribution in [0.2, 0.25) is 5.02 Å². The van der Waals surface area contributed by atoms with E-state index < -0.39 is 40.3 Å². The van der Waals surface area contributed by atoms with E-state index in [-0.39, 0.29) is 36.0 Å². The van der Waals surface area contributed by atoms with Crippen molar-refractivity contribution in [2.24, 2.45) is 0 Å². The van der Waals surface area contributed by atoms with Crippen molar-refractivity contribution in [3.05, 3.63) is 89.2 Å². The van der Waals surface area contributed by atoms with E-state index in [0.29, 0.717) is 5.02 Å². The van der Waals surface area contributed by atoms with Crippen LogP contribution < -0.4 is 14.8 Å². The molecule has 12 heteroatoms. The standard InChI is InChI=1S/C26H27ClFN3O6S/c1-18(26(34)29-14-15-32)31(16-19-2-4-20(27)5-3-19)25(33)17-37-23-10-12-24(13-11-23)38(35,36)30-22-8-6-21(28)7-9-22/h2-13,18,30,32H,14-17H2,1H3,(H,29,34). The van der Waals surface area contributed by atoms with Crippen LogP contribution in [0.4, 0.5) is 10.1 Å². The molecule has 0 aliphatic rings. The molecule has 9 nitrogen and oxygen atoms in total. The van der Waals surface area contributed by atoms with Crippen LogP contribution in [0, 0.1) is 5.82 Å². The van der Waals surface area contributed by atoms with Crippen LogP contribution in [0.3, 0.4) is 0 Å². The fraction of sp³-hybridized carbons (Fsp3) is 0.231. The Balaban J connectivity index is 1.67. The summed E-state index contributed by atoms with van der Waals surface area (Å²) in [5, 5.41) is 12.1. The van der Waals surface area contributed by atoms with Gasteiger partial charge in [-0.2, -0.15) is 0 Å². The number of ether oxygens (including phenoxy) is 1. The highest BCUT2D eigenvalue weighted by atomic mass is 35.5. The van der Waals surface area contributed by atoms with Crippen LogP contribution in [-0.2, 0) is 26.2 Å². The summed E-state index contributed by atoms with van der Waals surface area (Å²) in [6.07, 6.45) is 0. The number of benzene rings is 3. The van der Waals surface area contributed by atoms with Crippen molar-refractivity contribution in [3.63, 3.8) is 0 Å². The number of hydrogen-bond acceptors (Lipinski definition) is 6. The molecule has 0 aliphatic heterocycles. The molecule has 0 heterocycles. The normalized spacial score (nSPS) is 11.9. The highest BCUT2D eigenvalue weighted by molar-refractivity contribution is 7.92. The minimum absolute atomic E-state index is 0.0495. The highest BCUT2D eigenvalue weighted by Crippen LogP contribution is 2.20. The van der Waals surface area contributed by atoms with Gasteiger partial charge in [-0.05, 0) is 73.2 Å². The molecule has 0 aliphatic carbocycles. The molecular formula is C26H27ClFN3O6S. The van der Waals surface area contributed by atoms with Crippen molar-refractivity contribution < 1.29 is 32.2 Å². The van der Waals surface area contributed by atoms with Crippen LogP contribution in [-0.4, -0.2) is 56.0 Å². The molecule has 0 spiro atoms. The predicted octanol–water partition coefficient (Wildman–Crippen LogP) is 3.18. The Morgan fingerprint density at radius 2 is 1.66 bits per heavy atom. The zero-order valence-corrected chi connectivity index (χ0v) is 22.0. The Morgan fingerprint density at radius 1 is 1.03 bits per heavy atom. The van der Waals surface area contributed by atoms with E-state index in [1.165, 1.54) is 41.3 Å². The molecule has 0 bridgehead atoms. The Bertz CT molecular complexity index is 1340. The second-order valence-corrected chi connectivity index (χ2v) is 10.3. The molecule has 1 atom stereocenters. The van der Waals surface area contributed by atoms with Crippen molar-refractivity contribution in [1.29, 1.82) is 0 Å². The zero-order valence-electron chi connectivity index (χ0n) is 20.4. The van der Waals surface area contributed by atoms with E-state index in [9.17, 15) is 22.4 Å². The van der Waals surface area contributed by atoms with Gasteiger partial charge in [0.15, 0.2) is 6.61 Å². The second kappa shape index (κ2) is 13.2. The van der Waals surface area contributed by atoms with Gasteiger partial charge in [-0.1, -0.05) is 23.7 Å². The van der Waals surface area contributed by atoms with Crippen molar-refractivity contribution in [1.82, 2.24) is 10.2 Å². The number of carbonyl (C=O) groups is 2. The molecule has 3 aromatic rings. The van der Waals surface area contributed by atoms with E-state index in [0.717, 1.165) is 17.7 Å². The molecule has 0 aromatic heterocycles. The average molecular weight is 564 g/mol. The number of aliphatic hydroxyl groups excluding tert-OH is 1. The summed E-state index contributed by atoms with van der Waals surface area (Å²) >= 11 is 5.94. The Hall–Kier alpha value is -3.67. The highest BCUT2D eigenvalue weighted by Gasteiger charge is 2.26. The molecule has 202 valence electrons. The lowest BCUT2D eigenvalue weighted by Crippen LogP contribution is -2.49. The smallest absolute Gasteiger partial charge is 0.261 e. The van der Waals surface area contributed by atoms with Gasteiger partial charge in [-0.15, -0.1) is 0 Å². The number of nitrogens with zero attached hydrogens (tertiary/aromatic N) is 1. The lowest BCUT2D eigenvalue weighted by Gasteiger charge is -2.28. The van der Waals surface area contributed by atoms with Gasteiger partial charge in [-0.3, -0.25) is 14.3 Å². The number of aliphatic hydroxyl groups is 1. The number of sulfonamides is 1. The number of carbonyl (C=O) groups excluding carboxylic acids is 2. The quantitative estimate of drug-likeness (QED) is 0.311. The molecule has 0 saturated heterocycles. The molecule has 0 radical (unpaired) electrons. The van der Waals surface area contributed by atoms with Crippen molar-refractivity contribution >= 4 is 39.1 Å². The van der Waals surface area contributed by atoms with Crippen LogP contribution in [0.25, 0.3) is 0 Å². The third-order valence-electron chi connectivity index (χ3n) is 5.44. The molecule has 0 fully saturated rings. The summed E-state index contributed by atoms with van der Waals surface area (Å²) in [6, 6.07) is 16.2. The summed E-state index contributed by atoms with van der Waals surface area (Å²) in [7, 11) is -3.93. The van der Waals surface area contributed by atoms with Gasteiger partial charge >= 0.3 is 0 Å². The maximum Gasteiger partial charge on any atom is 0.261 e.